The van der Waals surface area contributed by atoms with E-state index in [1.807, 2.05) is 0 Å². The number of phenols is 1. The van der Waals surface area contributed by atoms with E-state index in [1.54, 1.807) is 12.1 Å². The standard InChI is InChI=1S/C10H11NO4/c12-6-5-9(7-11(14)15)8-1-3-10(13)4-2-8/h1-4,6,9,13H,5,7H2. The van der Waals surface area contributed by atoms with E-state index in [1.165, 1.54) is 12.1 Å². The molecule has 0 radical (unpaired) electrons. The zero-order valence-corrected chi connectivity index (χ0v) is 8.00. The van der Waals surface area contributed by atoms with Crippen LogP contribution in [0.15, 0.2) is 24.3 Å². The van der Waals surface area contributed by atoms with Crippen LogP contribution in [-0.2, 0) is 4.79 Å². The molecule has 0 saturated heterocycles. The molecule has 0 heterocycles. The van der Waals surface area contributed by atoms with E-state index >= 15 is 0 Å². The van der Waals surface area contributed by atoms with Gasteiger partial charge in [-0.2, -0.15) is 0 Å². The molecule has 0 aliphatic heterocycles. The Bertz CT molecular complexity index is 347. The Labute approximate surface area is 86.5 Å². The summed E-state index contributed by atoms with van der Waals surface area (Å²) in [6, 6.07) is 6.08. The molecule has 1 rings (SSSR count). The van der Waals surface area contributed by atoms with Gasteiger partial charge < -0.3 is 9.90 Å². The molecule has 1 aromatic rings. The van der Waals surface area contributed by atoms with E-state index < -0.39 is 10.8 Å². The van der Waals surface area contributed by atoms with Gasteiger partial charge in [0.25, 0.3) is 0 Å². The van der Waals surface area contributed by atoms with Gasteiger partial charge in [-0.15, -0.1) is 0 Å². The predicted molar refractivity (Wildman–Crippen MR) is 53.4 cm³/mol. The average molecular weight is 209 g/mol. The quantitative estimate of drug-likeness (QED) is 0.450. The van der Waals surface area contributed by atoms with E-state index in [0.29, 0.717) is 11.8 Å². The number of aldehydes is 1. The van der Waals surface area contributed by atoms with Gasteiger partial charge in [0, 0.05) is 11.3 Å². The molecule has 0 bridgehead atoms. The molecular formula is C10H11NO4. The Kier molecular flexibility index (Phi) is 3.79. The number of nitrogens with zero attached hydrogens (tertiary/aromatic N) is 1. The lowest BCUT2D eigenvalue weighted by molar-refractivity contribution is -0.483. The minimum absolute atomic E-state index is 0.102. The molecule has 0 spiro atoms. The largest absolute Gasteiger partial charge is 0.508 e. The first-order valence-electron chi connectivity index (χ1n) is 4.48. The predicted octanol–water partition coefficient (Wildman–Crippen LogP) is 1.34. The smallest absolute Gasteiger partial charge is 0.211 e. The number of rotatable bonds is 5. The van der Waals surface area contributed by atoms with Crippen LogP contribution in [-0.4, -0.2) is 22.9 Å². The van der Waals surface area contributed by atoms with Gasteiger partial charge in [0.1, 0.15) is 12.0 Å². The second kappa shape index (κ2) is 5.09. The van der Waals surface area contributed by atoms with Crippen LogP contribution in [0.25, 0.3) is 0 Å². The van der Waals surface area contributed by atoms with Crippen molar-refractivity contribution in [2.45, 2.75) is 12.3 Å². The normalized spacial score (nSPS) is 12.0. The number of aromatic hydroxyl groups is 1. The maximum Gasteiger partial charge on any atom is 0.211 e. The first-order valence-corrected chi connectivity index (χ1v) is 4.48. The van der Waals surface area contributed by atoms with Crippen LogP contribution in [0.5, 0.6) is 5.75 Å². The van der Waals surface area contributed by atoms with Crippen molar-refractivity contribution in [1.29, 1.82) is 0 Å². The lowest BCUT2D eigenvalue weighted by Crippen LogP contribution is -2.12. The zero-order chi connectivity index (χ0) is 11.3. The number of nitro groups is 1. The number of phenolic OH excluding ortho intramolecular Hbond substituents is 1. The minimum Gasteiger partial charge on any atom is -0.508 e. The second-order valence-electron chi connectivity index (χ2n) is 3.21. The van der Waals surface area contributed by atoms with Crippen molar-refractivity contribution in [3.05, 3.63) is 39.9 Å². The first kappa shape index (κ1) is 11.2. The van der Waals surface area contributed by atoms with Gasteiger partial charge >= 0.3 is 0 Å². The molecular weight excluding hydrogens is 198 g/mol. The Morgan fingerprint density at radius 2 is 2.00 bits per heavy atom. The van der Waals surface area contributed by atoms with Crippen molar-refractivity contribution in [3.8, 4) is 5.75 Å². The second-order valence-corrected chi connectivity index (χ2v) is 3.21. The fourth-order valence-electron chi connectivity index (χ4n) is 1.36. The summed E-state index contributed by atoms with van der Waals surface area (Å²) in [6.07, 6.45) is 0.785. The molecule has 1 atom stereocenters. The fraction of sp³-hybridized carbons (Fsp3) is 0.300. The Morgan fingerprint density at radius 1 is 1.40 bits per heavy atom. The molecule has 5 heteroatoms. The average Bonchev–Trinajstić information content (AvgIpc) is 2.17. The van der Waals surface area contributed by atoms with Gasteiger partial charge in [0.15, 0.2) is 0 Å². The topological polar surface area (TPSA) is 80.4 Å². The zero-order valence-electron chi connectivity index (χ0n) is 8.00. The fourth-order valence-corrected chi connectivity index (χ4v) is 1.36. The molecule has 0 aromatic heterocycles. The molecule has 80 valence electrons. The van der Waals surface area contributed by atoms with Crippen molar-refractivity contribution in [2.24, 2.45) is 0 Å². The monoisotopic (exact) mass is 209 g/mol. The summed E-state index contributed by atoms with van der Waals surface area (Å²) in [6.45, 7) is -0.274. The van der Waals surface area contributed by atoms with Crippen LogP contribution in [0, 0.1) is 10.1 Å². The number of hydrogen-bond donors (Lipinski definition) is 1. The van der Waals surface area contributed by atoms with E-state index in [-0.39, 0.29) is 18.7 Å². The molecule has 1 N–H and O–H groups in total. The van der Waals surface area contributed by atoms with E-state index in [9.17, 15) is 14.9 Å². The summed E-state index contributed by atoms with van der Waals surface area (Å²) in [4.78, 5) is 20.3. The number of hydrogen-bond acceptors (Lipinski definition) is 4. The lowest BCUT2D eigenvalue weighted by atomic mass is 9.96. The van der Waals surface area contributed by atoms with Gasteiger partial charge in [0.05, 0.1) is 5.92 Å². The summed E-state index contributed by atoms with van der Waals surface area (Å²) in [7, 11) is 0. The van der Waals surface area contributed by atoms with Crippen LogP contribution in [0.1, 0.15) is 17.9 Å². The molecule has 0 saturated carbocycles. The molecule has 15 heavy (non-hydrogen) atoms. The van der Waals surface area contributed by atoms with Crippen LogP contribution >= 0.6 is 0 Å². The summed E-state index contributed by atoms with van der Waals surface area (Å²) in [5.41, 5.74) is 0.691. The highest BCUT2D eigenvalue weighted by molar-refractivity contribution is 5.51. The number of benzene rings is 1. The van der Waals surface area contributed by atoms with Crippen LogP contribution in [0.4, 0.5) is 0 Å². The van der Waals surface area contributed by atoms with Gasteiger partial charge in [0.2, 0.25) is 6.54 Å². The van der Waals surface area contributed by atoms with Crippen LogP contribution in [0.3, 0.4) is 0 Å². The number of carbonyl (C=O) groups excluding carboxylic acids is 1. The third-order valence-corrected chi connectivity index (χ3v) is 2.11. The van der Waals surface area contributed by atoms with Crippen molar-refractivity contribution < 1.29 is 14.8 Å². The highest BCUT2D eigenvalue weighted by atomic mass is 16.6. The number of carbonyl (C=O) groups is 1. The molecule has 0 aliphatic rings. The highest BCUT2D eigenvalue weighted by Gasteiger charge is 2.17. The van der Waals surface area contributed by atoms with Gasteiger partial charge in [-0.1, -0.05) is 12.1 Å². The lowest BCUT2D eigenvalue weighted by Gasteiger charge is -2.09. The molecule has 0 aliphatic carbocycles. The summed E-state index contributed by atoms with van der Waals surface area (Å²) < 4.78 is 0. The van der Waals surface area contributed by atoms with Gasteiger partial charge in [-0.3, -0.25) is 10.1 Å². The highest BCUT2D eigenvalue weighted by Crippen LogP contribution is 2.21. The minimum atomic E-state index is -0.443. The molecule has 0 amide bonds. The SMILES string of the molecule is O=CCC(C[N+](=O)[O-])c1ccc(O)cc1. The van der Waals surface area contributed by atoms with Crippen LogP contribution < -0.4 is 0 Å². The Morgan fingerprint density at radius 3 is 2.47 bits per heavy atom. The Balaban J connectivity index is 2.83. The van der Waals surface area contributed by atoms with Gasteiger partial charge in [-0.05, 0) is 17.7 Å². The van der Waals surface area contributed by atoms with Gasteiger partial charge in [-0.25, -0.2) is 0 Å². The molecule has 1 aromatic carbocycles. The third-order valence-electron chi connectivity index (χ3n) is 2.11. The van der Waals surface area contributed by atoms with E-state index in [0.717, 1.165) is 0 Å². The van der Waals surface area contributed by atoms with Crippen molar-refractivity contribution in [3.63, 3.8) is 0 Å². The summed E-state index contributed by atoms with van der Waals surface area (Å²) in [5.74, 6) is -0.317. The van der Waals surface area contributed by atoms with E-state index in [4.69, 9.17) is 5.11 Å². The summed E-state index contributed by atoms with van der Waals surface area (Å²) in [5, 5.41) is 19.4. The molecule has 0 fully saturated rings. The maximum atomic E-state index is 10.4. The molecule has 1 unspecified atom stereocenters. The molecule has 5 nitrogen and oxygen atoms in total. The van der Waals surface area contributed by atoms with Crippen molar-refractivity contribution in [1.82, 2.24) is 0 Å². The van der Waals surface area contributed by atoms with Crippen LogP contribution in [0.2, 0.25) is 0 Å². The van der Waals surface area contributed by atoms with Crippen molar-refractivity contribution >= 4 is 6.29 Å². The third kappa shape index (κ3) is 3.38. The maximum absolute atomic E-state index is 10.4. The van der Waals surface area contributed by atoms with Crippen molar-refractivity contribution in [2.75, 3.05) is 6.54 Å². The summed E-state index contributed by atoms with van der Waals surface area (Å²) >= 11 is 0. The first-order chi connectivity index (χ1) is 7.13. The van der Waals surface area contributed by atoms with E-state index in [2.05, 4.69) is 0 Å². The Hall–Kier alpha value is -1.91.